The summed E-state index contributed by atoms with van der Waals surface area (Å²) in [6.07, 6.45) is 20.5. The summed E-state index contributed by atoms with van der Waals surface area (Å²) in [6.45, 7) is 0.946. The van der Waals surface area contributed by atoms with Gasteiger partial charge in [-0.15, -0.1) is 0 Å². The fourth-order valence-corrected chi connectivity index (χ4v) is 3.12. The summed E-state index contributed by atoms with van der Waals surface area (Å²) in [4.78, 5) is 10.8. The maximum Gasteiger partial charge on any atom is 0.152 e. The summed E-state index contributed by atoms with van der Waals surface area (Å²) in [5, 5.41) is 19.5. The highest BCUT2D eigenvalue weighted by Crippen LogP contribution is 2.11. The van der Waals surface area contributed by atoms with Crippen molar-refractivity contribution in [2.45, 2.75) is 83.2 Å². The number of carbonyl (C=O) groups excluding carboxylic acids is 1. The molecule has 0 saturated carbocycles. The molecule has 1 N–H and O–H groups in total. The Morgan fingerprint density at radius 3 is 1.96 bits per heavy atom. The van der Waals surface area contributed by atoms with E-state index >= 15 is 0 Å². The molecule has 0 saturated heterocycles. The van der Waals surface area contributed by atoms with E-state index < -0.39 is 5.97 Å². The molecular weight excluding hydrogens is 354 g/mol. The first-order chi connectivity index (χ1) is 13.3. The van der Waals surface area contributed by atoms with Gasteiger partial charge in [-0.1, -0.05) is 63.5 Å². The van der Waals surface area contributed by atoms with Gasteiger partial charge in [0, 0.05) is 19.0 Å². The van der Waals surface area contributed by atoms with E-state index in [0.717, 1.165) is 19.3 Å². The molecule has 0 aromatic rings. The Bertz CT molecular complexity index is 427. The van der Waals surface area contributed by atoms with Crippen molar-refractivity contribution in [1.29, 1.82) is 0 Å². The van der Waals surface area contributed by atoms with E-state index in [1.165, 1.54) is 51.4 Å². The zero-order valence-corrected chi connectivity index (χ0v) is 18.4. The molecule has 1 atom stereocenters. The lowest BCUT2D eigenvalue weighted by molar-refractivity contribution is -0.873. The summed E-state index contributed by atoms with van der Waals surface area (Å²) < 4.78 is 6.21. The van der Waals surface area contributed by atoms with Gasteiger partial charge in [0.05, 0.1) is 27.4 Å². The molecule has 0 aromatic carbocycles. The lowest BCUT2D eigenvalue weighted by Gasteiger charge is -2.28. The number of hydrogen-bond donors (Lipinski definition) is 1. The van der Waals surface area contributed by atoms with Crippen LogP contribution in [0.5, 0.6) is 0 Å². The molecule has 5 nitrogen and oxygen atoms in total. The molecule has 0 aromatic heterocycles. The zero-order chi connectivity index (χ0) is 21.1. The smallest absolute Gasteiger partial charge is 0.152 e. The van der Waals surface area contributed by atoms with E-state index in [9.17, 15) is 9.90 Å². The van der Waals surface area contributed by atoms with Crippen molar-refractivity contribution < 1.29 is 24.2 Å². The Morgan fingerprint density at radius 2 is 1.46 bits per heavy atom. The molecule has 0 bridgehead atoms. The van der Waals surface area contributed by atoms with Crippen LogP contribution in [0.2, 0.25) is 0 Å². The van der Waals surface area contributed by atoms with Crippen molar-refractivity contribution >= 4 is 5.97 Å². The van der Waals surface area contributed by atoms with Gasteiger partial charge in [-0.2, -0.15) is 0 Å². The predicted octanol–water partition coefficient (Wildman–Crippen LogP) is 3.57. The first kappa shape index (κ1) is 26.7. The van der Waals surface area contributed by atoms with Crippen LogP contribution in [0.1, 0.15) is 77.0 Å². The number of ether oxygens (including phenoxy) is 1. The van der Waals surface area contributed by atoms with E-state index in [-0.39, 0.29) is 12.5 Å². The number of aliphatic hydroxyl groups excluding tert-OH is 1. The maximum absolute atomic E-state index is 10.8. The van der Waals surface area contributed by atoms with Gasteiger partial charge in [0.25, 0.3) is 0 Å². The number of allylic oxidation sites excluding steroid dienone is 3. The summed E-state index contributed by atoms with van der Waals surface area (Å²) in [7, 11) is 6.03. The molecule has 0 spiro atoms. The second-order valence-corrected chi connectivity index (χ2v) is 8.61. The number of likely N-dealkylation sites (N-methyl/N-ethyl adjacent to an activating group) is 1. The molecule has 0 rings (SSSR count). The molecule has 0 aliphatic heterocycles. The van der Waals surface area contributed by atoms with E-state index in [4.69, 9.17) is 9.84 Å². The number of nitrogens with zero attached hydrogens (tertiary/aromatic N) is 1. The number of carboxylic acids is 1. The molecular formula is C23H43NO4. The topological polar surface area (TPSA) is 69.6 Å². The van der Waals surface area contributed by atoms with Gasteiger partial charge in [0.2, 0.25) is 0 Å². The molecule has 1 unspecified atom stereocenters. The van der Waals surface area contributed by atoms with Crippen molar-refractivity contribution in [1.82, 2.24) is 0 Å². The van der Waals surface area contributed by atoms with Gasteiger partial charge in [-0.25, -0.2) is 0 Å². The van der Waals surface area contributed by atoms with E-state index in [1.807, 2.05) is 33.3 Å². The average molecular weight is 398 g/mol. The normalized spacial score (nSPS) is 13.4. The highest BCUT2D eigenvalue weighted by Gasteiger charge is 2.18. The van der Waals surface area contributed by atoms with Crippen LogP contribution in [0.4, 0.5) is 0 Å². The highest BCUT2D eigenvalue weighted by atomic mass is 16.5. The van der Waals surface area contributed by atoms with Crippen LogP contribution in [-0.2, 0) is 9.53 Å². The Labute approximate surface area is 172 Å². The van der Waals surface area contributed by atoms with E-state index in [2.05, 4.69) is 6.08 Å². The fraction of sp³-hybridized carbons (Fsp3) is 0.783. The molecule has 0 heterocycles. The number of carboxylic acid groups (broad SMARTS) is 1. The predicted molar refractivity (Wildman–Crippen MR) is 114 cm³/mol. The van der Waals surface area contributed by atoms with Crippen molar-refractivity contribution in [2.75, 3.05) is 34.3 Å². The van der Waals surface area contributed by atoms with Crippen LogP contribution in [0.15, 0.2) is 24.5 Å². The third kappa shape index (κ3) is 21.0. The minimum Gasteiger partial charge on any atom is -0.550 e. The van der Waals surface area contributed by atoms with Crippen LogP contribution >= 0.6 is 0 Å². The van der Waals surface area contributed by atoms with Gasteiger partial charge in [0.15, 0.2) is 6.10 Å². The second-order valence-electron chi connectivity index (χ2n) is 8.61. The Balaban J connectivity index is 3.65. The van der Waals surface area contributed by atoms with Crippen LogP contribution in [0, 0.1) is 0 Å². The molecule has 0 radical (unpaired) electrons. The van der Waals surface area contributed by atoms with Crippen LogP contribution < -0.4 is 5.11 Å². The lowest BCUT2D eigenvalue weighted by Crippen LogP contribution is -2.44. The number of aliphatic hydroxyl groups is 1. The van der Waals surface area contributed by atoms with Gasteiger partial charge >= 0.3 is 0 Å². The summed E-state index contributed by atoms with van der Waals surface area (Å²) in [6, 6.07) is 0. The van der Waals surface area contributed by atoms with E-state index in [1.54, 1.807) is 6.26 Å². The van der Waals surface area contributed by atoms with Crippen molar-refractivity contribution in [3.63, 3.8) is 0 Å². The van der Waals surface area contributed by atoms with Crippen LogP contribution in [-0.4, -0.2) is 56.0 Å². The van der Waals surface area contributed by atoms with Gasteiger partial charge < -0.3 is 24.2 Å². The number of hydrogen-bond acceptors (Lipinski definition) is 4. The average Bonchev–Trinajstić information content (AvgIpc) is 2.59. The van der Waals surface area contributed by atoms with Gasteiger partial charge in [0.1, 0.15) is 6.54 Å². The van der Waals surface area contributed by atoms with Crippen LogP contribution in [0.25, 0.3) is 0 Å². The molecule has 0 fully saturated rings. The number of carbonyl (C=O) groups is 1. The molecule has 0 amide bonds. The Hall–Kier alpha value is -1.33. The lowest BCUT2D eigenvalue weighted by atomic mass is 10.1. The second kappa shape index (κ2) is 17.7. The maximum atomic E-state index is 10.8. The standard InChI is InChI=1S/C23H43NO4/c1-24(2,3)21-22(20-23(26)27)28-19-17-15-13-11-9-7-5-4-6-8-10-12-14-16-18-25/h13,15,17,19,22,25H,4-12,14,16,18,20-21H2,1-3H3. The van der Waals surface area contributed by atoms with Gasteiger partial charge in [-0.05, 0) is 25.3 Å². The largest absolute Gasteiger partial charge is 0.550 e. The summed E-state index contributed by atoms with van der Waals surface area (Å²) >= 11 is 0. The summed E-state index contributed by atoms with van der Waals surface area (Å²) in [5.41, 5.74) is 0. The van der Waals surface area contributed by atoms with Crippen molar-refractivity contribution in [3.8, 4) is 0 Å². The third-order valence-electron chi connectivity index (χ3n) is 4.52. The van der Waals surface area contributed by atoms with Crippen molar-refractivity contribution in [2.24, 2.45) is 0 Å². The number of unbranched alkanes of at least 4 members (excludes halogenated alkanes) is 10. The van der Waals surface area contributed by atoms with Crippen LogP contribution in [0.3, 0.4) is 0 Å². The quantitative estimate of drug-likeness (QED) is 0.157. The minimum absolute atomic E-state index is 0.0910. The number of rotatable bonds is 19. The SMILES string of the molecule is C[N+](C)(C)CC(CC(=O)[O-])OC=CC=CCCCCCCCCCCCCO. The molecule has 5 heteroatoms. The molecule has 0 aliphatic carbocycles. The minimum atomic E-state index is -1.08. The summed E-state index contributed by atoms with van der Waals surface area (Å²) in [5.74, 6) is -1.08. The number of aliphatic carboxylic acids is 1. The molecule has 28 heavy (non-hydrogen) atoms. The third-order valence-corrected chi connectivity index (χ3v) is 4.52. The zero-order valence-electron chi connectivity index (χ0n) is 18.4. The first-order valence-corrected chi connectivity index (χ1v) is 10.9. The number of quaternary nitrogens is 1. The van der Waals surface area contributed by atoms with Gasteiger partial charge in [-0.3, -0.25) is 0 Å². The Morgan fingerprint density at radius 1 is 0.929 bits per heavy atom. The Kier molecular flexibility index (Phi) is 16.9. The van der Waals surface area contributed by atoms with E-state index in [0.29, 0.717) is 17.6 Å². The highest BCUT2D eigenvalue weighted by molar-refractivity contribution is 5.64. The molecule has 0 aliphatic rings. The monoisotopic (exact) mass is 397 g/mol. The first-order valence-electron chi connectivity index (χ1n) is 10.9. The fourth-order valence-electron chi connectivity index (χ4n) is 3.12. The van der Waals surface area contributed by atoms with Crippen molar-refractivity contribution in [3.05, 3.63) is 24.5 Å². The molecule has 164 valence electrons.